The van der Waals surface area contributed by atoms with Crippen molar-refractivity contribution < 1.29 is 33.0 Å². The number of carboxylic acids is 1. The minimum Gasteiger partial charge on any atom is -0.487 e. The molecular weight excluding hydrogens is 508 g/mol. The van der Waals surface area contributed by atoms with Gasteiger partial charge in [-0.1, -0.05) is 6.92 Å². The number of carbonyl (C=O) groups excluding carboxylic acids is 2. The molecule has 0 spiro atoms. The average molecular weight is 544 g/mol. The van der Waals surface area contributed by atoms with Crippen LogP contribution in [0.5, 0.6) is 5.75 Å². The van der Waals surface area contributed by atoms with Crippen molar-refractivity contribution in [2.24, 2.45) is 11.8 Å². The summed E-state index contributed by atoms with van der Waals surface area (Å²) in [7, 11) is 0. The quantitative estimate of drug-likeness (QED) is 0.405. The first-order valence-electron chi connectivity index (χ1n) is 13.5. The molecule has 210 valence electrons. The lowest BCUT2D eigenvalue weighted by atomic mass is 9.87. The van der Waals surface area contributed by atoms with Gasteiger partial charge in [-0.2, -0.15) is 0 Å². The summed E-state index contributed by atoms with van der Waals surface area (Å²) in [6, 6.07) is 9.01. The van der Waals surface area contributed by atoms with Gasteiger partial charge in [0.15, 0.2) is 11.6 Å². The number of carbonyl (C=O) groups is 3. The zero-order valence-corrected chi connectivity index (χ0v) is 22.1. The van der Waals surface area contributed by atoms with Crippen LogP contribution in [0.1, 0.15) is 66.2 Å². The van der Waals surface area contributed by atoms with Crippen molar-refractivity contribution >= 4 is 23.5 Å². The number of rotatable bonds is 9. The molecule has 0 unspecified atom stereocenters. The van der Waals surface area contributed by atoms with Gasteiger partial charge in [-0.25, -0.2) is 8.78 Å². The van der Waals surface area contributed by atoms with Crippen LogP contribution in [-0.2, 0) is 4.79 Å². The molecule has 2 amide bonds. The first kappa shape index (κ1) is 28.3. The predicted molar refractivity (Wildman–Crippen MR) is 142 cm³/mol. The van der Waals surface area contributed by atoms with Gasteiger partial charge >= 0.3 is 5.97 Å². The number of carboxylic acid groups (broad SMARTS) is 1. The highest BCUT2D eigenvalue weighted by molar-refractivity contribution is 5.95. The summed E-state index contributed by atoms with van der Waals surface area (Å²) in [5.74, 6) is -3.80. The summed E-state index contributed by atoms with van der Waals surface area (Å²) in [4.78, 5) is 38.2. The van der Waals surface area contributed by atoms with E-state index in [-0.39, 0.29) is 24.7 Å². The molecule has 0 radical (unpaired) electrons. The molecule has 2 aromatic rings. The third-order valence-electron chi connectivity index (χ3n) is 7.56. The fraction of sp³-hybridized carbons (Fsp3) is 0.483. The number of hydrogen-bond donors (Lipinski definition) is 3. The molecule has 8 nitrogen and oxygen atoms in total. The van der Waals surface area contributed by atoms with Crippen LogP contribution < -0.4 is 20.3 Å². The number of halogens is 2. The van der Waals surface area contributed by atoms with Crippen molar-refractivity contribution in [1.29, 1.82) is 0 Å². The van der Waals surface area contributed by atoms with Gasteiger partial charge in [0, 0.05) is 43.5 Å². The van der Waals surface area contributed by atoms with E-state index in [0.717, 1.165) is 49.7 Å². The first-order valence-corrected chi connectivity index (χ1v) is 13.5. The van der Waals surface area contributed by atoms with Gasteiger partial charge in [0.05, 0.1) is 17.6 Å². The number of benzene rings is 2. The Bertz CT molecular complexity index is 1170. The highest BCUT2D eigenvalue weighted by Crippen LogP contribution is 2.30. The van der Waals surface area contributed by atoms with E-state index in [1.54, 1.807) is 12.1 Å². The van der Waals surface area contributed by atoms with Crippen LogP contribution in [0.4, 0.5) is 14.5 Å². The van der Waals surface area contributed by atoms with Gasteiger partial charge in [0.1, 0.15) is 5.82 Å². The molecule has 1 aliphatic heterocycles. The van der Waals surface area contributed by atoms with Crippen molar-refractivity contribution in [3.05, 3.63) is 59.2 Å². The van der Waals surface area contributed by atoms with Gasteiger partial charge in [0.25, 0.3) is 11.8 Å². The number of aliphatic carboxylic acids is 1. The number of amides is 2. The van der Waals surface area contributed by atoms with E-state index in [0.29, 0.717) is 31.2 Å². The predicted octanol–water partition coefficient (Wildman–Crippen LogP) is 4.38. The topological polar surface area (TPSA) is 108 Å². The summed E-state index contributed by atoms with van der Waals surface area (Å²) in [6.07, 6.45) is 3.55. The number of nitrogens with zero attached hydrogens (tertiary/aromatic N) is 1. The van der Waals surface area contributed by atoms with Crippen LogP contribution in [0, 0.1) is 23.5 Å². The lowest BCUT2D eigenvalue weighted by Crippen LogP contribution is -2.35. The maximum Gasteiger partial charge on any atom is 0.306 e. The molecule has 0 bridgehead atoms. The molecule has 39 heavy (non-hydrogen) atoms. The Morgan fingerprint density at radius 2 is 1.51 bits per heavy atom. The van der Waals surface area contributed by atoms with Crippen LogP contribution in [0.2, 0.25) is 0 Å². The molecular formula is C29H35F2N3O5. The third kappa shape index (κ3) is 7.46. The molecule has 1 aliphatic carbocycles. The normalized spacial score (nSPS) is 19.8. The first-order chi connectivity index (χ1) is 18.7. The fourth-order valence-corrected chi connectivity index (χ4v) is 5.04. The summed E-state index contributed by atoms with van der Waals surface area (Å²) in [6.45, 7) is 4.40. The Balaban J connectivity index is 1.22. The lowest BCUT2D eigenvalue weighted by molar-refractivity contribution is -0.143. The van der Waals surface area contributed by atoms with Crippen molar-refractivity contribution in [2.45, 2.75) is 51.6 Å². The van der Waals surface area contributed by atoms with E-state index in [1.807, 2.05) is 12.1 Å². The molecule has 4 rings (SSSR count). The van der Waals surface area contributed by atoms with Crippen molar-refractivity contribution in [1.82, 2.24) is 10.6 Å². The minimum atomic E-state index is -0.935. The van der Waals surface area contributed by atoms with E-state index < -0.39 is 41.1 Å². The number of anilines is 1. The minimum absolute atomic E-state index is 0.0285. The molecule has 1 heterocycles. The van der Waals surface area contributed by atoms with Gasteiger partial charge in [-0.05, 0) is 74.8 Å². The lowest BCUT2D eigenvalue weighted by Gasteiger charge is -2.32. The maximum atomic E-state index is 14.6. The number of nitrogens with one attached hydrogen (secondary N) is 2. The number of ether oxygens (including phenoxy) is 1. The van der Waals surface area contributed by atoms with Crippen LogP contribution in [0.25, 0.3) is 0 Å². The molecule has 10 heteroatoms. The van der Waals surface area contributed by atoms with Gasteiger partial charge in [-0.15, -0.1) is 0 Å². The third-order valence-corrected chi connectivity index (χ3v) is 7.56. The van der Waals surface area contributed by atoms with Crippen LogP contribution in [0.3, 0.4) is 0 Å². The molecule has 1 saturated heterocycles. The Labute approximate surface area is 226 Å². The standard InChI is InChI=1S/C29H35F2N3O5/c1-18-10-14-34(15-11-18)21-6-2-19(3-7-21)27(35)32-12-13-33-28(36)23-16-25(31)26(17-24(23)30)39-22-8-4-20(5-9-22)29(37)38/h2-3,6-7,16-18,20,22H,4-5,8-15H2,1H3,(H,32,35)(H,33,36)(H,37,38)/t20-,22+. The summed E-state index contributed by atoms with van der Waals surface area (Å²) < 4.78 is 34.7. The van der Waals surface area contributed by atoms with E-state index in [4.69, 9.17) is 9.84 Å². The molecule has 3 N–H and O–H groups in total. The molecule has 1 saturated carbocycles. The van der Waals surface area contributed by atoms with E-state index in [9.17, 15) is 23.2 Å². The number of piperidine rings is 1. The van der Waals surface area contributed by atoms with Crippen molar-refractivity contribution in [3.63, 3.8) is 0 Å². The summed E-state index contributed by atoms with van der Waals surface area (Å²) in [5, 5.41) is 14.3. The van der Waals surface area contributed by atoms with Gasteiger partial charge < -0.3 is 25.4 Å². The van der Waals surface area contributed by atoms with Crippen LogP contribution in [-0.4, -0.2) is 55.2 Å². The molecule has 0 atom stereocenters. The largest absolute Gasteiger partial charge is 0.487 e. The fourth-order valence-electron chi connectivity index (χ4n) is 5.04. The monoisotopic (exact) mass is 543 g/mol. The van der Waals surface area contributed by atoms with E-state index in [1.165, 1.54) is 0 Å². The van der Waals surface area contributed by atoms with Crippen molar-refractivity contribution in [2.75, 3.05) is 31.1 Å². The van der Waals surface area contributed by atoms with Crippen LogP contribution in [0.15, 0.2) is 36.4 Å². The SMILES string of the molecule is CC1CCN(c2ccc(C(=O)NCCNC(=O)c3cc(F)c(O[C@H]4CC[C@@H](C(=O)O)CC4)cc3F)cc2)CC1. The molecule has 2 aromatic carbocycles. The Morgan fingerprint density at radius 3 is 2.13 bits per heavy atom. The molecule has 2 aliphatic rings. The highest BCUT2D eigenvalue weighted by Gasteiger charge is 2.28. The second-order valence-corrected chi connectivity index (χ2v) is 10.4. The molecule has 2 fully saturated rings. The van der Waals surface area contributed by atoms with Gasteiger partial charge in [0.2, 0.25) is 0 Å². The van der Waals surface area contributed by atoms with Gasteiger partial charge in [-0.3, -0.25) is 14.4 Å². The molecule has 0 aromatic heterocycles. The smallest absolute Gasteiger partial charge is 0.306 e. The second kappa shape index (κ2) is 12.9. The number of hydrogen-bond acceptors (Lipinski definition) is 5. The Morgan fingerprint density at radius 1 is 0.897 bits per heavy atom. The summed E-state index contributed by atoms with van der Waals surface area (Å²) >= 11 is 0. The van der Waals surface area contributed by atoms with E-state index in [2.05, 4.69) is 22.5 Å². The zero-order chi connectivity index (χ0) is 27.9. The highest BCUT2D eigenvalue weighted by atomic mass is 19.1. The maximum absolute atomic E-state index is 14.6. The van der Waals surface area contributed by atoms with Crippen molar-refractivity contribution in [3.8, 4) is 5.75 Å². The second-order valence-electron chi connectivity index (χ2n) is 10.4. The Hall–Kier alpha value is -3.69. The zero-order valence-electron chi connectivity index (χ0n) is 22.1. The summed E-state index contributed by atoms with van der Waals surface area (Å²) in [5.41, 5.74) is 1.11. The van der Waals surface area contributed by atoms with E-state index >= 15 is 0 Å². The Kier molecular flexibility index (Phi) is 9.37. The average Bonchev–Trinajstić information content (AvgIpc) is 2.93. The van der Waals surface area contributed by atoms with Crippen LogP contribution >= 0.6 is 0 Å².